The maximum Gasteiger partial charge on any atom is 0.335 e. The zero-order valence-electron chi connectivity index (χ0n) is 13.1. The number of aliphatic hydroxyl groups is 1. The molecule has 0 saturated heterocycles. The summed E-state index contributed by atoms with van der Waals surface area (Å²) < 4.78 is 38.7. The predicted molar refractivity (Wildman–Crippen MR) is 82.2 cm³/mol. The number of ether oxygens (including phenoxy) is 2. The normalized spacial score (nSPS) is 11.4. The Morgan fingerprint density at radius 1 is 0.840 bits per heavy atom. The van der Waals surface area contributed by atoms with Gasteiger partial charge in [0.15, 0.2) is 0 Å². The van der Waals surface area contributed by atoms with Crippen molar-refractivity contribution < 1.29 is 47.0 Å². The molecule has 1 aromatic rings. The lowest BCUT2D eigenvalue weighted by Crippen LogP contribution is -2.15. The minimum Gasteiger partial charge on any atom is -0.478 e. The van der Waals surface area contributed by atoms with Crippen LogP contribution in [0, 0.1) is 0 Å². The molecule has 3 N–H and O–H groups in total. The van der Waals surface area contributed by atoms with Crippen LogP contribution >= 0.6 is 0 Å². The second kappa shape index (κ2) is 10.1. The fourth-order valence-corrected chi connectivity index (χ4v) is 2.61. The smallest absolute Gasteiger partial charge is 0.335 e. The molecule has 0 fully saturated rings. The first kappa shape index (κ1) is 21.0. The molecule has 0 bridgehead atoms. The molecule has 0 aromatic heterocycles. The van der Waals surface area contributed by atoms with Gasteiger partial charge >= 0.3 is 11.9 Å². The van der Waals surface area contributed by atoms with Crippen LogP contribution in [-0.2, 0) is 23.8 Å². The van der Waals surface area contributed by atoms with Crippen LogP contribution < -0.4 is 0 Å². The Bertz CT molecular complexity index is 665. The third kappa shape index (κ3) is 7.15. The van der Waals surface area contributed by atoms with E-state index in [2.05, 4.69) is 0 Å². The summed E-state index contributed by atoms with van der Waals surface area (Å²) in [5.41, 5.74) is -0.973. The number of hydrogen-bond acceptors (Lipinski definition) is 8. The summed E-state index contributed by atoms with van der Waals surface area (Å²) in [4.78, 5) is 21.4. The van der Waals surface area contributed by atoms with Gasteiger partial charge in [-0.2, -0.15) is 8.42 Å². The molecule has 0 aliphatic heterocycles. The number of carboxylic acid groups (broad SMARTS) is 2. The molecule has 0 saturated carbocycles. The fourth-order valence-electron chi connectivity index (χ4n) is 1.65. The SMILES string of the molecule is O=C(O)c1cc(C(=O)O)cc(S(=O)(=O)OCCOCCOCCO)c1. The summed E-state index contributed by atoms with van der Waals surface area (Å²) in [5.74, 6) is -2.93. The molecule has 0 spiro atoms. The molecule has 0 radical (unpaired) electrons. The van der Waals surface area contributed by atoms with Gasteiger partial charge in [0, 0.05) is 0 Å². The minimum atomic E-state index is -4.34. The van der Waals surface area contributed by atoms with Gasteiger partial charge in [0.2, 0.25) is 0 Å². The van der Waals surface area contributed by atoms with Gasteiger partial charge in [-0.25, -0.2) is 9.59 Å². The zero-order chi connectivity index (χ0) is 18.9. The van der Waals surface area contributed by atoms with E-state index in [1.165, 1.54) is 0 Å². The van der Waals surface area contributed by atoms with Crippen LogP contribution in [0.15, 0.2) is 23.1 Å². The number of hydrogen-bond donors (Lipinski definition) is 3. The van der Waals surface area contributed by atoms with Gasteiger partial charge < -0.3 is 24.8 Å². The van der Waals surface area contributed by atoms with Crippen molar-refractivity contribution in [1.82, 2.24) is 0 Å². The molecule has 0 heterocycles. The topological polar surface area (TPSA) is 157 Å². The van der Waals surface area contributed by atoms with Crippen molar-refractivity contribution in [3.63, 3.8) is 0 Å². The predicted octanol–water partition coefficient (Wildman–Crippen LogP) is -0.186. The first-order chi connectivity index (χ1) is 11.8. The van der Waals surface area contributed by atoms with E-state index in [0.29, 0.717) is 0 Å². The Morgan fingerprint density at radius 2 is 1.32 bits per heavy atom. The minimum absolute atomic E-state index is 0.0773. The Labute approximate surface area is 143 Å². The first-order valence-electron chi connectivity index (χ1n) is 7.05. The zero-order valence-corrected chi connectivity index (χ0v) is 13.9. The molecule has 11 heteroatoms. The Hall–Kier alpha value is -2.05. The summed E-state index contributed by atoms with van der Waals surface area (Å²) in [6.45, 7) is 0.0142. The highest BCUT2D eigenvalue weighted by atomic mass is 32.2. The van der Waals surface area contributed by atoms with Gasteiger partial charge in [-0.1, -0.05) is 0 Å². The van der Waals surface area contributed by atoms with Crippen molar-refractivity contribution >= 4 is 22.1 Å². The molecule has 0 atom stereocenters. The van der Waals surface area contributed by atoms with Crippen molar-refractivity contribution in [3.05, 3.63) is 29.3 Å². The average molecular weight is 378 g/mol. The standard InChI is InChI=1S/C14H18O10S/c15-1-2-22-3-4-23-5-6-24-25(20,21)12-8-10(13(16)17)7-11(9-12)14(18)19/h7-9,15H,1-6H2,(H,16,17)(H,18,19). The van der Waals surface area contributed by atoms with Crippen molar-refractivity contribution in [2.45, 2.75) is 4.90 Å². The summed E-state index contributed by atoms with van der Waals surface area (Å²) in [5, 5.41) is 26.4. The van der Waals surface area contributed by atoms with Crippen molar-refractivity contribution in [1.29, 1.82) is 0 Å². The van der Waals surface area contributed by atoms with Crippen molar-refractivity contribution in [2.24, 2.45) is 0 Å². The molecular weight excluding hydrogens is 360 g/mol. The molecule has 0 unspecified atom stereocenters. The highest BCUT2D eigenvalue weighted by molar-refractivity contribution is 7.86. The summed E-state index contributed by atoms with van der Waals surface area (Å²) in [6, 6.07) is 2.47. The highest BCUT2D eigenvalue weighted by Crippen LogP contribution is 2.18. The van der Waals surface area contributed by atoms with Crippen LogP contribution in [0.4, 0.5) is 0 Å². The molecule has 0 aliphatic rings. The maximum atomic E-state index is 12.0. The molecule has 25 heavy (non-hydrogen) atoms. The van der Waals surface area contributed by atoms with E-state index < -0.39 is 38.1 Å². The monoisotopic (exact) mass is 378 g/mol. The third-order valence-corrected chi connectivity index (χ3v) is 4.05. The van der Waals surface area contributed by atoms with Crippen LogP contribution in [0.3, 0.4) is 0 Å². The molecule has 140 valence electrons. The Morgan fingerprint density at radius 3 is 1.80 bits per heavy atom. The van der Waals surface area contributed by atoms with E-state index in [0.717, 1.165) is 18.2 Å². The lowest BCUT2D eigenvalue weighted by molar-refractivity contribution is 0.0252. The van der Waals surface area contributed by atoms with Crippen LogP contribution in [-0.4, -0.2) is 75.3 Å². The van der Waals surface area contributed by atoms with E-state index in [1.807, 2.05) is 0 Å². The Balaban J connectivity index is 2.66. The molecule has 10 nitrogen and oxygen atoms in total. The second-order valence-corrected chi connectivity index (χ2v) is 6.20. The van der Waals surface area contributed by atoms with E-state index in [1.54, 1.807) is 0 Å². The van der Waals surface area contributed by atoms with Gasteiger partial charge in [0.05, 0.1) is 55.7 Å². The van der Waals surface area contributed by atoms with Gasteiger partial charge in [-0.15, -0.1) is 0 Å². The molecular formula is C14H18O10S. The largest absolute Gasteiger partial charge is 0.478 e. The fraction of sp³-hybridized carbons (Fsp3) is 0.429. The summed E-state index contributed by atoms with van der Waals surface area (Å²) in [7, 11) is -4.34. The number of aliphatic hydroxyl groups excluding tert-OH is 1. The summed E-state index contributed by atoms with van der Waals surface area (Å²) in [6.07, 6.45) is 0. The lowest BCUT2D eigenvalue weighted by atomic mass is 10.1. The van der Waals surface area contributed by atoms with Gasteiger partial charge in [0.25, 0.3) is 10.1 Å². The highest BCUT2D eigenvalue weighted by Gasteiger charge is 2.20. The number of carbonyl (C=O) groups is 2. The van der Waals surface area contributed by atoms with Gasteiger partial charge in [-0.3, -0.25) is 4.18 Å². The molecule has 0 aliphatic carbocycles. The summed E-state index contributed by atoms with van der Waals surface area (Å²) >= 11 is 0. The van der Waals surface area contributed by atoms with Gasteiger partial charge in [0.1, 0.15) is 0 Å². The maximum absolute atomic E-state index is 12.0. The van der Waals surface area contributed by atoms with Crippen LogP contribution in [0.25, 0.3) is 0 Å². The Kier molecular flexibility index (Phi) is 8.45. The number of benzene rings is 1. The molecule has 1 rings (SSSR count). The van der Waals surface area contributed by atoms with Gasteiger partial charge in [-0.05, 0) is 18.2 Å². The second-order valence-electron chi connectivity index (χ2n) is 4.58. The quantitative estimate of drug-likeness (QED) is 0.329. The van der Waals surface area contributed by atoms with Crippen LogP contribution in [0.2, 0.25) is 0 Å². The van der Waals surface area contributed by atoms with E-state index in [4.69, 9.17) is 29.0 Å². The lowest BCUT2D eigenvalue weighted by Gasteiger charge is -2.08. The molecule has 0 amide bonds. The van der Waals surface area contributed by atoms with Crippen molar-refractivity contribution in [3.8, 4) is 0 Å². The van der Waals surface area contributed by atoms with E-state index >= 15 is 0 Å². The van der Waals surface area contributed by atoms with Crippen LogP contribution in [0.5, 0.6) is 0 Å². The first-order valence-corrected chi connectivity index (χ1v) is 8.46. The number of aromatic carboxylic acids is 2. The van der Waals surface area contributed by atoms with E-state index in [9.17, 15) is 18.0 Å². The van der Waals surface area contributed by atoms with E-state index in [-0.39, 0.29) is 39.6 Å². The van der Waals surface area contributed by atoms with Crippen LogP contribution in [0.1, 0.15) is 20.7 Å². The third-order valence-electron chi connectivity index (χ3n) is 2.76. The number of rotatable bonds is 12. The molecule has 1 aromatic carbocycles. The number of carboxylic acids is 2. The average Bonchev–Trinajstić information content (AvgIpc) is 2.56. The van der Waals surface area contributed by atoms with Crippen molar-refractivity contribution in [2.75, 3.05) is 39.6 Å².